The highest BCUT2D eigenvalue weighted by atomic mass is 32.2. The fraction of sp³-hybridized carbons (Fsp3) is 0.500. The Morgan fingerprint density at radius 1 is 1.12 bits per heavy atom. The highest BCUT2D eigenvalue weighted by Crippen LogP contribution is 2.30. The predicted octanol–water partition coefficient (Wildman–Crippen LogP) is 2.18. The molecule has 4 heteroatoms. The summed E-state index contributed by atoms with van der Waals surface area (Å²) in [4.78, 5) is 2.39. The number of hydrogen-bond acceptors (Lipinski definition) is 4. The van der Waals surface area contributed by atoms with Crippen LogP contribution in [-0.2, 0) is 0 Å². The van der Waals surface area contributed by atoms with Crippen LogP contribution in [0, 0.1) is 0 Å². The van der Waals surface area contributed by atoms with Crippen LogP contribution in [0.3, 0.4) is 0 Å². The van der Waals surface area contributed by atoms with Gasteiger partial charge in [-0.25, -0.2) is 0 Å². The molecule has 16 heavy (non-hydrogen) atoms. The van der Waals surface area contributed by atoms with Crippen molar-refractivity contribution in [3.8, 4) is 0 Å². The van der Waals surface area contributed by atoms with Gasteiger partial charge in [0, 0.05) is 29.3 Å². The van der Waals surface area contributed by atoms with E-state index in [-0.39, 0.29) is 0 Å². The summed E-state index contributed by atoms with van der Waals surface area (Å²) < 4.78 is 0. The van der Waals surface area contributed by atoms with Crippen molar-refractivity contribution in [3.63, 3.8) is 0 Å². The highest BCUT2D eigenvalue weighted by Gasteiger charge is 2.22. The van der Waals surface area contributed by atoms with E-state index >= 15 is 0 Å². The van der Waals surface area contributed by atoms with Crippen LogP contribution < -0.4 is 16.4 Å². The molecule has 0 amide bonds. The first-order chi connectivity index (χ1) is 7.56. The Morgan fingerprint density at radius 3 is 2.31 bits per heavy atom. The summed E-state index contributed by atoms with van der Waals surface area (Å²) in [7, 11) is 0. The maximum Gasteiger partial charge on any atom is 0.0568 e. The molecule has 2 unspecified atom stereocenters. The normalized spacial score (nSPS) is 25.8. The molecule has 1 aromatic rings. The number of hydrogen-bond donors (Lipinski definition) is 2. The molecule has 4 N–H and O–H groups in total. The summed E-state index contributed by atoms with van der Waals surface area (Å²) in [5, 5.41) is 1.34. The maximum atomic E-state index is 5.84. The Labute approximate surface area is 101 Å². The van der Waals surface area contributed by atoms with E-state index in [1.165, 1.54) is 5.69 Å². The minimum Gasteiger partial charge on any atom is -0.397 e. The van der Waals surface area contributed by atoms with Crippen LogP contribution in [0.5, 0.6) is 0 Å². The van der Waals surface area contributed by atoms with E-state index in [0.29, 0.717) is 21.9 Å². The van der Waals surface area contributed by atoms with Gasteiger partial charge < -0.3 is 16.4 Å². The third kappa shape index (κ3) is 2.38. The molecular weight excluding hydrogens is 218 g/mol. The maximum absolute atomic E-state index is 5.84. The van der Waals surface area contributed by atoms with Crippen molar-refractivity contribution >= 4 is 28.8 Å². The van der Waals surface area contributed by atoms with Crippen molar-refractivity contribution < 1.29 is 0 Å². The van der Waals surface area contributed by atoms with Crippen LogP contribution in [0.15, 0.2) is 18.2 Å². The van der Waals surface area contributed by atoms with Crippen LogP contribution in [0.2, 0.25) is 0 Å². The predicted molar refractivity (Wildman–Crippen MR) is 74.0 cm³/mol. The molecule has 1 aliphatic heterocycles. The van der Waals surface area contributed by atoms with Gasteiger partial charge in [-0.1, -0.05) is 13.8 Å². The Hall–Kier alpha value is -1.03. The summed E-state index contributed by atoms with van der Waals surface area (Å²) in [5.41, 5.74) is 14.1. The van der Waals surface area contributed by atoms with E-state index in [2.05, 4.69) is 24.8 Å². The van der Waals surface area contributed by atoms with Crippen LogP contribution >= 0.6 is 11.8 Å². The minimum absolute atomic E-state index is 0.663. The van der Waals surface area contributed by atoms with Gasteiger partial charge in [0.25, 0.3) is 0 Å². The summed E-state index contributed by atoms with van der Waals surface area (Å²) in [6.07, 6.45) is 0. The Bertz CT molecular complexity index is 371. The van der Waals surface area contributed by atoms with Gasteiger partial charge in [-0.15, -0.1) is 0 Å². The van der Waals surface area contributed by atoms with Gasteiger partial charge in [0.05, 0.1) is 11.4 Å². The molecule has 1 aliphatic rings. The second-order valence-electron chi connectivity index (χ2n) is 4.48. The topological polar surface area (TPSA) is 55.3 Å². The average molecular weight is 237 g/mol. The monoisotopic (exact) mass is 237 g/mol. The second kappa shape index (κ2) is 4.45. The van der Waals surface area contributed by atoms with E-state index in [0.717, 1.165) is 13.1 Å². The minimum atomic E-state index is 0.663. The number of benzene rings is 1. The quantitative estimate of drug-likeness (QED) is 0.735. The SMILES string of the molecule is CC1CN(c2ccc(N)c(N)c2)CC(C)S1. The first-order valence-corrected chi connectivity index (χ1v) is 6.56. The molecule has 0 bridgehead atoms. The summed E-state index contributed by atoms with van der Waals surface area (Å²) in [5.74, 6) is 0. The van der Waals surface area contributed by atoms with Crippen molar-refractivity contribution in [2.24, 2.45) is 0 Å². The van der Waals surface area contributed by atoms with E-state index in [4.69, 9.17) is 11.5 Å². The zero-order valence-corrected chi connectivity index (χ0v) is 10.6. The molecule has 2 rings (SSSR count). The summed E-state index contributed by atoms with van der Waals surface area (Å²) in [6.45, 7) is 6.71. The lowest BCUT2D eigenvalue weighted by Gasteiger charge is -2.36. The number of nitrogens with two attached hydrogens (primary N) is 2. The van der Waals surface area contributed by atoms with Crippen molar-refractivity contribution in [1.29, 1.82) is 0 Å². The molecule has 2 atom stereocenters. The summed E-state index contributed by atoms with van der Waals surface area (Å²) >= 11 is 2.05. The van der Waals surface area contributed by atoms with Crippen molar-refractivity contribution in [2.75, 3.05) is 29.5 Å². The first-order valence-electron chi connectivity index (χ1n) is 5.61. The van der Waals surface area contributed by atoms with Crippen molar-refractivity contribution in [2.45, 2.75) is 24.3 Å². The van der Waals surface area contributed by atoms with Crippen molar-refractivity contribution in [1.82, 2.24) is 0 Å². The molecule has 1 heterocycles. The van der Waals surface area contributed by atoms with Crippen LogP contribution in [0.25, 0.3) is 0 Å². The van der Waals surface area contributed by atoms with E-state index in [9.17, 15) is 0 Å². The third-order valence-electron chi connectivity index (χ3n) is 2.86. The fourth-order valence-corrected chi connectivity index (χ4v) is 3.47. The zero-order valence-electron chi connectivity index (χ0n) is 9.81. The Kier molecular flexibility index (Phi) is 3.19. The van der Waals surface area contributed by atoms with E-state index in [1.54, 1.807) is 0 Å². The molecule has 0 radical (unpaired) electrons. The third-order valence-corrected chi connectivity index (χ3v) is 4.08. The number of nitrogens with zero attached hydrogens (tertiary/aromatic N) is 1. The molecule has 88 valence electrons. The van der Waals surface area contributed by atoms with Gasteiger partial charge >= 0.3 is 0 Å². The Morgan fingerprint density at radius 2 is 1.75 bits per heavy atom. The van der Waals surface area contributed by atoms with Gasteiger partial charge in [-0.3, -0.25) is 0 Å². The fourth-order valence-electron chi connectivity index (χ4n) is 2.15. The van der Waals surface area contributed by atoms with Crippen LogP contribution in [-0.4, -0.2) is 23.6 Å². The number of rotatable bonds is 1. The number of thioether (sulfide) groups is 1. The van der Waals surface area contributed by atoms with Crippen molar-refractivity contribution in [3.05, 3.63) is 18.2 Å². The molecule has 1 saturated heterocycles. The average Bonchev–Trinajstić information content (AvgIpc) is 2.20. The van der Waals surface area contributed by atoms with Crippen LogP contribution in [0.4, 0.5) is 17.1 Å². The second-order valence-corrected chi connectivity index (χ2v) is 6.36. The van der Waals surface area contributed by atoms with E-state index in [1.807, 2.05) is 23.9 Å². The molecule has 0 spiro atoms. The highest BCUT2D eigenvalue weighted by molar-refractivity contribution is 8.00. The van der Waals surface area contributed by atoms with Gasteiger partial charge in [0.1, 0.15) is 0 Å². The summed E-state index contributed by atoms with van der Waals surface area (Å²) in [6, 6.07) is 5.92. The lowest BCUT2D eigenvalue weighted by Crippen LogP contribution is -2.40. The molecule has 1 fully saturated rings. The lowest BCUT2D eigenvalue weighted by atomic mass is 10.2. The van der Waals surface area contributed by atoms with Crippen LogP contribution in [0.1, 0.15) is 13.8 Å². The lowest BCUT2D eigenvalue weighted by molar-refractivity contribution is 0.728. The molecule has 1 aromatic carbocycles. The largest absolute Gasteiger partial charge is 0.397 e. The first kappa shape index (κ1) is 11.5. The number of nitrogen functional groups attached to an aromatic ring is 2. The number of anilines is 3. The smallest absolute Gasteiger partial charge is 0.0568 e. The van der Waals surface area contributed by atoms with Gasteiger partial charge in [-0.05, 0) is 18.2 Å². The molecule has 0 aromatic heterocycles. The molecular formula is C12H19N3S. The van der Waals surface area contributed by atoms with E-state index < -0.39 is 0 Å². The standard InChI is InChI=1S/C12H19N3S/c1-8-6-15(7-9(2)16-8)10-3-4-11(13)12(14)5-10/h3-5,8-9H,6-7,13-14H2,1-2H3. The van der Waals surface area contributed by atoms with Gasteiger partial charge in [0.2, 0.25) is 0 Å². The van der Waals surface area contributed by atoms with Gasteiger partial charge in [-0.2, -0.15) is 11.8 Å². The zero-order chi connectivity index (χ0) is 11.7. The molecule has 0 aliphatic carbocycles. The molecule has 3 nitrogen and oxygen atoms in total. The van der Waals surface area contributed by atoms with Gasteiger partial charge in [0.15, 0.2) is 0 Å². The Balaban J connectivity index is 2.19. The molecule has 0 saturated carbocycles.